The van der Waals surface area contributed by atoms with Gasteiger partial charge in [0.05, 0.1) is 13.2 Å². The SMILES string of the molecule is CC#CCCCOc1ccc(OCCCC#CC)c(S(F)(F)(F)(F)F)c1F. The number of halogens is 6. The lowest BCUT2D eigenvalue weighted by Gasteiger charge is -2.41. The van der Waals surface area contributed by atoms with Crippen molar-refractivity contribution in [2.24, 2.45) is 0 Å². The fourth-order valence-corrected chi connectivity index (χ4v) is 2.99. The third-order valence-corrected chi connectivity index (χ3v) is 4.32. The van der Waals surface area contributed by atoms with E-state index in [1.165, 1.54) is 0 Å². The molecule has 0 aliphatic heterocycles. The molecule has 9 heteroatoms. The number of benzene rings is 1. The summed E-state index contributed by atoms with van der Waals surface area (Å²) < 4.78 is 90.7. The van der Waals surface area contributed by atoms with Gasteiger partial charge >= 0.3 is 10.2 Å². The van der Waals surface area contributed by atoms with E-state index in [0.717, 1.165) is 6.07 Å². The first-order valence-corrected chi connectivity index (χ1v) is 9.97. The molecule has 0 amide bonds. The maximum absolute atomic E-state index is 14.3. The zero-order valence-corrected chi connectivity index (χ0v) is 15.7. The fraction of sp³-hybridized carbons (Fsp3) is 0.444. The van der Waals surface area contributed by atoms with Gasteiger partial charge in [0.25, 0.3) is 0 Å². The molecule has 0 aliphatic rings. The second kappa shape index (κ2) is 8.26. The van der Waals surface area contributed by atoms with Crippen LogP contribution in [-0.2, 0) is 0 Å². The van der Waals surface area contributed by atoms with Gasteiger partial charge in [-0.3, -0.25) is 0 Å². The minimum atomic E-state index is -10.3. The lowest BCUT2D eigenvalue weighted by Crippen LogP contribution is -2.13. The predicted molar refractivity (Wildman–Crippen MR) is 94.2 cm³/mol. The van der Waals surface area contributed by atoms with E-state index in [9.17, 15) is 23.8 Å². The van der Waals surface area contributed by atoms with Crippen molar-refractivity contribution in [2.45, 2.75) is 44.4 Å². The molecule has 0 heterocycles. The van der Waals surface area contributed by atoms with Crippen LogP contribution in [0, 0.1) is 29.5 Å². The normalized spacial score (nSPS) is 13.3. The summed E-state index contributed by atoms with van der Waals surface area (Å²) in [6.07, 6.45) is 1.21. The van der Waals surface area contributed by atoms with Gasteiger partial charge in [-0.05, 0) is 38.8 Å². The van der Waals surface area contributed by atoms with Crippen LogP contribution in [0.4, 0.5) is 23.8 Å². The third kappa shape index (κ3) is 7.56. The summed E-state index contributed by atoms with van der Waals surface area (Å²) in [5.74, 6) is 6.19. The Morgan fingerprint density at radius 3 is 1.70 bits per heavy atom. The molecule has 152 valence electrons. The second-order valence-corrected chi connectivity index (χ2v) is 7.78. The van der Waals surface area contributed by atoms with Crippen molar-refractivity contribution in [1.29, 1.82) is 0 Å². The summed E-state index contributed by atoms with van der Waals surface area (Å²) in [7, 11) is -10.3. The van der Waals surface area contributed by atoms with E-state index in [1.807, 2.05) is 0 Å². The Bertz CT molecular complexity index is 782. The number of hydrogen-bond acceptors (Lipinski definition) is 2. The Labute approximate surface area is 155 Å². The summed E-state index contributed by atoms with van der Waals surface area (Å²) in [5.41, 5.74) is 0. The molecule has 1 aromatic carbocycles. The number of rotatable bonds is 9. The molecule has 27 heavy (non-hydrogen) atoms. The van der Waals surface area contributed by atoms with E-state index in [-0.39, 0.29) is 19.6 Å². The van der Waals surface area contributed by atoms with Gasteiger partial charge in [0, 0.05) is 12.8 Å². The Hall–Kier alpha value is -2.13. The molecule has 1 aromatic rings. The van der Waals surface area contributed by atoms with Crippen LogP contribution in [0.15, 0.2) is 17.0 Å². The molecule has 0 aromatic heterocycles. The molecule has 0 radical (unpaired) electrons. The molecule has 2 nitrogen and oxygen atoms in total. The summed E-state index contributed by atoms with van der Waals surface area (Å²) in [4.78, 5) is -2.69. The van der Waals surface area contributed by atoms with Gasteiger partial charge < -0.3 is 9.47 Å². The summed E-state index contributed by atoms with van der Waals surface area (Å²) in [6.45, 7) is 2.71. The van der Waals surface area contributed by atoms with Crippen molar-refractivity contribution >= 4 is 10.2 Å². The van der Waals surface area contributed by atoms with Gasteiger partial charge in [-0.1, -0.05) is 19.4 Å². The van der Waals surface area contributed by atoms with Crippen LogP contribution in [0.25, 0.3) is 0 Å². The number of ether oxygens (including phenoxy) is 2. The molecule has 1 rings (SSSR count). The van der Waals surface area contributed by atoms with Crippen LogP contribution in [0.5, 0.6) is 11.5 Å². The van der Waals surface area contributed by atoms with E-state index in [1.54, 1.807) is 13.8 Å². The topological polar surface area (TPSA) is 18.5 Å². The highest BCUT2D eigenvalue weighted by atomic mass is 32.5. The molecule has 0 saturated heterocycles. The first kappa shape index (κ1) is 22.9. The van der Waals surface area contributed by atoms with Crippen LogP contribution in [0.1, 0.15) is 39.5 Å². The van der Waals surface area contributed by atoms with Crippen LogP contribution < -0.4 is 9.47 Å². The van der Waals surface area contributed by atoms with Gasteiger partial charge in [0.2, 0.25) is 0 Å². The predicted octanol–water partition coefficient (Wildman–Crippen LogP) is 6.85. The van der Waals surface area contributed by atoms with Crippen molar-refractivity contribution in [3.05, 3.63) is 17.9 Å². The molecular formula is C18H20F6O2S. The van der Waals surface area contributed by atoms with E-state index in [4.69, 9.17) is 9.47 Å². The maximum Gasteiger partial charge on any atom is 0.316 e. The molecule has 0 N–H and O–H groups in total. The minimum absolute atomic E-state index is 0.165. The molecule has 0 bridgehead atoms. The van der Waals surface area contributed by atoms with E-state index >= 15 is 0 Å². The highest BCUT2D eigenvalue weighted by Crippen LogP contribution is 3.03. The Balaban J connectivity index is 3.11. The highest BCUT2D eigenvalue weighted by molar-refractivity contribution is 8.45. The van der Waals surface area contributed by atoms with E-state index in [2.05, 4.69) is 23.7 Å². The van der Waals surface area contributed by atoms with Gasteiger partial charge in [-0.25, -0.2) is 4.39 Å². The Kier molecular flexibility index (Phi) is 7.01. The summed E-state index contributed by atoms with van der Waals surface area (Å²) in [5, 5.41) is 0. The summed E-state index contributed by atoms with van der Waals surface area (Å²) >= 11 is 0. The average Bonchev–Trinajstić information content (AvgIpc) is 2.53. The molecular weight excluding hydrogens is 394 g/mol. The Morgan fingerprint density at radius 2 is 1.26 bits per heavy atom. The van der Waals surface area contributed by atoms with Crippen molar-refractivity contribution in [2.75, 3.05) is 13.2 Å². The van der Waals surface area contributed by atoms with Crippen LogP contribution in [0.2, 0.25) is 0 Å². The van der Waals surface area contributed by atoms with Crippen molar-refractivity contribution in [3.8, 4) is 35.2 Å². The average molecular weight is 414 g/mol. The van der Waals surface area contributed by atoms with E-state index < -0.39 is 32.4 Å². The first-order valence-electron chi connectivity index (χ1n) is 8.02. The van der Waals surface area contributed by atoms with Crippen molar-refractivity contribution in [1.82, 2.24) is 0 Å². The lowest BCUT2D eigenvalue weighted by atomic mass is 10.3. The third-order valence-electron chi connectivity index (χ3n) is 3.17. The largest absolute Gasteiger partial charge is 0.492 e. The fourth-order valence-electron chi connectivity index (χ4n) is 2.04. The molecule has 0 aliphatic carbocycles. The van der Waals surface area contributed by atoms with Gasteiger partial charge in [0.15, 0.2) is 16.5 Å². The number of hydrogen-bond donors (Lipinski definition) is 0. The monoisotopic (exact) mass is 414 g/mol. The maximum atomic E-state index is 14.3. The summed E-state index contributed by atoms with van der Waals surface area (Å²) in [6, 6.07) is 1.48. The number of unbranched alkanes of at least 4 members (excludes halogenated alkanes) is 2. The van der Waals surface area contributed by atoms with Crippen LogP contribution >= 0.6 is 10.2 Å². The zero-order valence-electron chi connectivity index (χ0n) is 14.9. The quantitative estimate of drug-likeness (QED) is 0.250. The van der Waals surface area contributed by atoms with Crippen LogP contribution in [-0.4, -0.2) is 13.2 Å². The lowest BCUT2D eigenvalue weighted by molar-refractivity contribution is 0.269. The Morgan fingerprint density at radius 1 is 0.815 bits per heavy atom. The van der Waals surface area contributed by atoms with Crippen molar-refractivity contribution in [3.63, 3.8) is 0 Å². The van der Waals surface area contributed by atoms with Gasteiger partial charge in [-0.2, -0.15) is 0 Å². The van der Waals surface area contributed by atoms with E-state index in [0.29, 0.717) is 25.3 Å². The van der Waals surface area contributed by atoms with Crippen molar-refractivity contribution < 1.29 is 33.3 Å². The van der Waals surface area contributed by atoms with Gasteiger partial charge in [-0.15, -0.1) is 23.7 Å². The molecule has 0 atom stereocenters. The molecule has 0 unspecified atom stereocenters. The zero-order chi connectivity index (χ0) is 20.6. The second-order valence-electron chi connectivity index (χ2n) is 5.43. The first-order chi connectivity index (χ1) is 12.4. The molecule has 0 saturated carbocycles. The highest BCUT2D eigenvalue weighted by Gasteiger charge is 2.69. The van der Waals surface area contributed by atoms with Crippen LogP contribution in [0.3, 0.4) is 0 Å². The minimum Gasteiger partial charge on any atom is -0.492 e. The molecule has 0 spiro atoms. The smallest absolute Gasteiger partial charge is 0.316 e. The van der Waals surface area contributed by atoms with Gasteiger partial charge in [0.1, 0.15) is 5.75 Å². The standard InChI is InChI=1S/C18H20F6O2S/c1-3-5-7-9-13-25-15-11-12-16(26-14-10-8-6-4-2)18(17(15)19)27(20,21,22,23)24/h11-12H,7-10,13-14H2,1-2H3. The molecule has 0 fully saturated rings.